The van der Waals surface area contributed by atoms with Crippen molar-refractivity contribution in [2.75, 3.05) is 32.8 Å². The molecule has 0 amide bonds. The minimum atomic E-state index is 0.0519. The zero-order chi connectivity index (χ0) is 17.2. The van der Waals surface area contributed by atoms with Gasteiger partial charge < -0.3 is 9.47 Å². The van der Waals surface area contributed by atoms with Gasteiger partial charge in [0.15, 0.2) is 0 Å². The number of fused-ring (bicyclic) bond motifs is 1. The van der Waals surface area contributed by atoms with Crippen molar-refractivity contribution >= 4 is 46.3 Å². The summed E-state index contributed by atoms with van der Waals surface area (Å²) in [5, 5.41) is 3.13. The maximum Gasteiger partial charge on any atom is 0.0983 e. The van der Waals surface area contributed by atoms with Crippen molar-refractivity contribution in [3.8, 4) is 0 Å². The molecule has 0 spiro atoms. The van der Waals surface area contributed by atoms with E-state index < -0.39 is 0 Å². The maximum absolute atomic E-state index is 6.35. The van der Waals surface area contributed by atoms with Crippen LogP contribution in [0.15, 0.2) is 34.5 Å². The van der Waals surface area contributed by atoms with E-state index in [0.29, 0.717) is 11.9 Å². The molecule has 0 saturated carbocycles. The van der Waals surface area contributed by atoms with Gasteiger partial charge in [0.2, 0.25) is 0 Å². The fraction of sp³-hybridized carbons (Fsp3) is 0.444. The van der Waals surface area contributed by atoms with Crippen LogP contribution in [0.3, 0.4) is 0 Å². The minimum Gasteiger partial charge on any atom is -0.379 e. The standard InChI is InChI=1S/C18H19Cl2NO2S2/c19-13-1-2-14-15(9-13)25-16(10-21-4-6-22-7-5-21)17(14)23-11-12-3-8-24-18(12)20/h1-3,8-9,16-17H,4-7,10-11H2/t16-,17-/m1/s1. The molecule has 134 valence electrons. The van der Waals surface area contributed by atoms with Gasteiger partial charge >= 0.3 is 0 Å². The summed E-state index contributed by atoms with van der Waals surface area (Å²) < 4.78 is 12.6. The zero-order valence-electron chi connectivity index (χ0n) is 13.6. The van der Waals surface area contributed by atoms with Crippen LogP contribution in [-0.4, -0.2) is 43.0 Å². The summed E-state index contributed by atoms with van der Waals surface area (Å²) in [6.45, 7) is 5.12. The average molecular weight is 416 g/mol. The highest BCUT2D eigenvalue weighted by atomic mass is 35.5. The predicted molar refractivity (Wildman–Crippen MR) is 105 cm³/mol. The summed E-state index contributed by atoms with van der Waals surface area (Å²) in [7, 11) is 0. The highest BCUT2D eigenvalue weighted by Gasteiger charge is 2.35. The van der Waals surface area contributed by atoms with Gasteiger partial charge in [-0.25, -0.2) is 0 Å². The average Bonchev–Trinajstić information content (AvgIpc) is 3.16. The Morgan fingerprint density at radius 3 is 2.80 bits per heavy atom. The van der Waals surface area contributed by atoms with Crippen molar-refractivity contribution in [2.45, 2.75) is 22.9 Å². The van der Waals surface area contributed by atoms with E-state index >= 15 is 0 Å². The number of thiophene rings is 1. The predicted octanol–water partition coefficient (Wildman–Crippen LogP) is 5.12. The van der Waals surface area contributed by atoms with Crippen LogP contribution in [0, 0.1) is 0 Å². The van der Waals surface area contributed by atoms with Gasteiger partial charge in [-0.1, -0.05) is 29.3 Å². The van der Waals surface area contributed by atoms with Crippen molar-refractivity contribution in [3.63, 3.8) is 0 Å². The van der Waals surface area contributed by atoms with Crippen LogP contribution < -0.4 is 0 Å². The first-order valence-electron chi connectivity index (χ1n) is 8.30. The molecular formula is C18H19Cl2NO2S2. The number of ether oxygens (including phenoxy) is 2. The molecule has 0 unspecified atom stereocenters. The summed E-state index contributed by atoms with van der Waals surface area (Å²) in [6.07, 6.45) is 0.0519. The van der Waals surface area contributed by atoms with Crippen molar-refractivity contribution in [3.05, 3.63) is 50.1 Å². The minimum absolute atomic E-state index is 0.0519. The van der Waals surface area contributed by atoms with Crippen LogP contribution >= 0.6 is 46.3 Å². The fourth-order valence-electron chi connectivity index (χ4n) is 3.24. The third kappa shape index (κ3) is 4.19. The smallest absolute Gasteiger partial charge is 0.0983 e. The first-order valence-corrected chi connectivity index (χ1v) is 10.8. The van der Waals surface area contributed by atoms with E-state index in [1.807, 2.05) is 29.3 Å². The normalized spacial score (nSPS) is 23.8. The lowest BCUT2D eigenvalue weighted by atomic mass is 10.1. The molecule has 3 heterocycles. The van der Waals surface area contributed by atoms with Crippen LogP contribution in [0.1, 0.15) is 17.2 Å². The molecular weight excluding hydrogens is 397 g/mol. The van der Waals surface area contributed by atoms with E-state index in [1.165, 1.54) is 10.5 Å². The van der Waals surface area contributed by atoms with Crippen LogP contribution in [0.2, 0.25) is 9.36 Å². The maximum atomic E-state index is 6.35. The molecule has 4 rings (SSSR count). The summed E-state index contributed by atoms with van der Waals surface area (Å²) in [5.74, 6) is 0. The van der Waals surface area contributed by atoms with Gasteiger partial charge in [-0.05, 0) is 29.1 Å². The molecule has 2 aliphatic rings. The van der Waals surface area contributed by atoms with E-state index in [1.54, 1.807) is 11.3 Å². The lowest BCUT2D eigenvalue weighted by molar-refractivity contribution is 0.0111. The highest BCUT2D eigenvalue weighted by molar-refractivity contribution is 8.00. The second-order valence-corrected chi connectivity index (χ2v) is 9.44. The van der Waals surface area contributed by atoms with Crippen LogP contribution in [0.5, 0.6) is 0 Å². The lowest BCUT2D eigenvalue weighted by Gasteiger charge is -2.31. The number of hydrogen-bond donors (Lipinski definition) is 0. The van der Waals surface area contributed by atoms with Gasteiger partial charge in [-0.2, -0.15) is 0 Å². The Hall–Kier alpha value is -0.270. The van der Waals surface area contributed by atoms with Gasteiger partial charge in [-0.3, -0.25) is 4.90 Å². The van der Waals surface area contributed by atoms with E-state index in [2.05, 4.69) is 17.0 Å². The monoisotopic (exact) mass is 415 g/mol. The quantitative estimate of drug-likeness (QED) is 0.675. The molecule has 0 aliphatic carbocycles. The largest absolute Gasteiger partial charge is 0.379 e. The Kier molecular flexibility index (Phi) is 5.92. The van der Waals surface area contributed by atoms with Gasteiger partial charge in [0.05, 0.1) is 35.5 Å². The Bertz CT molecular complexity index is 734. The van der Waals surface area contributed by atoms with Crippen molar-refractivity contribution in [2.24, 2.45) is 0 Å². The number of nitrogens with zero attached hydrogens (tertiary/aromatic N) is 1. The van der Waals surface area contributed by atoms with Gasteiger partial charge in [-0.15, -0.1) is 23.1 Å². The van der Waals surface area contributed by atoms with Crippen LogP contribution in [-0.2, 0) is 16.1 Å². The summed E-state index contributed by atoms with van der Waals surface area (Å²) in [6, 6.07) is 8.14. The van der Waals surface area contributed by atoms with Crippen LogP contribution in [0.4, 0.5) is 0 Å². The molecule has 1 aromatic heterocycles. The molecule has 3 nitrogen and oxygen atoms in total. The Labute approximate surface area is 166 Å². The van der Waals surface area contributed by atoms with Crippen molar-refractivity contribution in [1.29, 1.82) is 0 Å². The summed E-state index contributed by atoms with van der Waals surface area (Å²) in [4.78, 5) is 3.69. The van der Waals surface area contributed by atoms with Crippen LogP contribution in [0.25, 0.3) is 0 Å². The molecule has 2 aliphatic heterocycles. The molecule has 0 N–H and O–H groups in total. The van der Waals surface area contributed by atoms with E-state index in [4.69, 9.17) is 32.7 Å². The number of thioether (sulfide) groups is 1. The molecule has 25 heavy (non-hydrogen) atoms. The molecule has 7 heteroatoms. The number of benzene rings is 1. The summed E-state index contributed by atoms with van der Waals surface area (Å²) in [5.41, 5.74) is 2.29. The van der Waals surface area contributed by atoms with E-state index in [0.717, 1.165) is 47.8 Å². The number of hydrogen-bond acceptors (Lipinski definition) is 5. The second kappa shape index (κ2) is 8.17. The number of morpholine rings is 1. The SMILES string of the molecule is Clc1ccc2c(c1)S[C@H](CN1CCOCC1)[C@@H]2OCc1ccsc1Cl. The van der Waals surface area contributed by atoms with Crippen molar-refractivity contribution < 1.29 is 9.47 Å². The Balaban J connectivity index is 1.51. The molecule has 1 saturated heterocycles. The molecule has 2 atom stereocenters. The fourth-order valence-corrected chi connectivity index (χ4v) is 5.85. The van der Waals surface area contributed by atoms with E-state index in [-0.39, 0.29) is 6.10 Å². The molecule has 0 bridgehead atoms. The highest BCUT2D eigenvalue weighted by Crippen LogP contribution is 2.47. The topological polar surface area (TPSA) is 21.7 Å². The van der Waals surface area contributed by atoms with Gasteiger partial charge in [0, 0.05) is 35.1 Å². The first kappa shape index (κ1) is 18.1. The van der Waals surface area contributed by atoms with Gasteiger partial charge in [0.25, 0.3) is 0 Å². The zero-order valence-corrected chi connectivity index (χ0v) is 16.8. The molecule has 1 fully saturated rings. The third-order valence-electron chi connectivity index (χ3n) is 4.55. The summed E-state index contributed by atoms with van der Waals surface area (Å²) >= 11 is 15.8. The molecule has 2 aromatic rings. The molecule has 1 aromatic carbocycles. The lowest BCUT2D eigenvalue weighted by Crippen LogP contribution is -2.41. The van der Waals surface area contributed by atoms with Crippen molar-refractivity contribution in [1.82, 2.24) is 4.90 Å². The number of halogens is 2. The molecule has 0 radical (unpaired) electrons. The van der Waals surface area contributed by atoms with Gasteiger partial charge in [0.1, 0.15) is 0 Å². The van der Waals surface area contributed by atoms with E-state index in [9.17, 15) is 0 Å². The number of rotatable bonds is 5. The Morgan fingerprint density at radius 2 is 2.04 bits per heavy atom. The Morgan fingerprint density at radius 1 is 1.20 bits per heavy atom. The first-order chi connectivity index (χ1) is 12.2. The second-order valence-electron chi connectivity index (χ2n) is 6.20. The third-order valence-corrected chi connectivity index (χ3v) is 7.34.